The molecule has 9 heteroatoms. The average Bonchev–Trinajstić information content (AvgIpc) is 2.91. The number of aliphatic carboxylic acids is 1. The largest absolute Gasteiger partial charge is 0.480 e. The molecule has 0 radical (unpaired) electrons. The van der Waals surface area contributed by atoms with Crippen LogP contribution in [0, 0.1) is 17.0 Å². The molecule has 0 aliphatic carbocycles. The first-order valence-electron chi connectivity index (χ1n) is 6.79. The molecular formula is C12H19N5O4. The van der Waals surface area contributed by atoms with Gasteiger partial charge in [0.1, 0.15) is 11.2 Å². The fraction of sp³-hybridized carbons (Fsp3) is 0.667. The maximum Gasteiger partial charge on any atom is 0.333 e. The standard InChI is InChI=1S/C12H19N5O4/c1-3-5-16-10(9(17(20)21)8(2)14-16)15-6-4-12(13,7-15)11(18)19/h3-7,13H2,1-2H3,(H,18,19). The zero-order chi connectivity index (χ0) is 15.8. The smallest absolute Gasteiger partial charge is 0.333 e. The van der Waals surface area contributed by atoms with Crippen molar-refractivity contribution in [2.24, 2.45) is 5.73 Å². The van der Waals surface area contributed by atoms with E-state index in [0.717, 1.165) is 6.42 Å². The number of hydrogen-bond donors (Lipinski definition) is 2. The Bertz CT molecular complexity index is 584. The van der Waals surface area contributed by atoms with E-state index in [9.17, 15) is 20.0 Å². The lowest BCUT2D eigenvalue weighted by molar-refractivity contribution is -0.384. The lowest BCUT2D eigenvalue weighted by Crippen LogP contribution is -2.50. The van der Waals surface area contributed by atoms with Crippen molar-refractivity contribution in [3.8, 4) is 0 Å². The van der Waals surface area contributed by atoms with Crippen LogP contribution in [0.1, 0.15) is 25.5 Å². The molecule has 2 rings (SSSR count). The van der Waals surface area contributed by atoms with E-state index in [0.29, 0.717) is 24.6 Å². The molecule has 1 unspecified atom stereocenters. The van der Waals surface area contributed by atoms with E-state index in [4.69, 9.17) is 5.73 Å². The highest BCUT2D eigenvalue weighted by Crippen LogP contribution is 2.35. The number of aryl methyl sites for hydroxylation is 2. The van der Waals surface area contributed by atoms with Crippen molar-refractivity contribution < 1.29 is 14.8 Å². The van der Waals surface area contributed by atoms with Gasteiger partial charge in [-0.2, -0.15) is 5.10 Å². The van der Waals surface area contributed by atoms with Crippen LogP contribution in [0.25, 0.3) is 0 Å². The van der Waals surface area contributed by atoms with Gasteiger partial charge < -0.3 is 15.7 Å². The van der Waals surface area contributed by atoms with E-state index in [1.165, 1.54) is 0 Å². The highest BCUT2D eigenvalue weighted by molar-refractivity contribution is 5.81. The quantitative estimate of drug-likeness (QED) is 0.598. The van der Waals surface area contributed by atoms with Crippen LogP contribution in [0.3, 0.4) is 0 Å². The third-order valence-electron chi connectivity index (χ3n) is 3.71. The monoisotopic (exact) mass is 297 g/mol. The minimum absolute atomic E-state index is 0.0397. The first kappa shape index (κ1) is 15.2. The van der Waals surface area contributed by atoms with E-state index in [1.54, 1.807) is 16.5 Å². The van der Waals surface area contributed by atoms with Gasteiger partial charge in [0.25, 0.3) is 0 Å². The molecule has 21 heavy (non-hydrogen) atoms. The van der Waals surface area contributed by atoms with Gasteiger partial charge in [0.2, 0.25) is 5.82 Å². The highest BCUT2D eigenvalue weighted by Gasteiger charge is 2.44. The Morgan fingerprint density at radius 3 is 2.76 bits per heavy atom. The second kappa shape index (κ2) is 5.32. The molecule has 1 fully saturated rings. The zero-order valence-electron chi connectivity index (χ0n) is 12.1. The second-order valence-electron chi connectivity index (χ2n) is 5.37. The highest BCUT2D eigenvalue weighted by atomic mass is 16.6. The Morgan fingerprint density at radius 1 is 1.62 bits per heavy atom. The number of aromatic nitrogens is 2. The average molecular weight is 297 g/mol. The molecule has 1 saturated heterocycles. The summed E-state index contributed by atoms with van der Waals surface area (Å²) in [6, 6.07) is 0. The first-order valence-corrected chi connectivity index (χ1v) is 6.79. The van der Waals surface area contributed by atoms with Gasteiger partial charge in [0.15, 0.2) is 0 Å². The van der Waals surface area contributed by atoms with Gasteiger partial charge in [-0.3, -0.25) is 14.9 Å². The lowest BCUT2D eigenvalue weighted by Gasteiger charge is -2.21. The van der Waals surface area contributed by atoms with E-state index in [-0.39, 0.29) is 18.7 Å². The van der Waals surface area contributed by atoms with Crippen molar-refractivity contribution in [2.45, 2.75) is 38.8 Å². The number of nitrogens with two attached hydrogens (primary N) is 1. The molecule has 116 valence electrons. The molecule has 3 N–H and O–H groups in total. The molecule has 1 aromatic heterocycles. The number of hydrogen-bond acceptors (Lipinski definition) is 6. The summed E-state index contributed by atoms with van der Waals surface area (Å²) >= 11 is 0. The fourth-order valence-electron chi connectivity index (χ4n) is 2.64. The van der Waals surface area contributed by atoms with Gasteiger partial charge in [-0.25, -0.2) is 4.68 Å². The molecule has 1 aliphatic heterocycles. The van der Waals surface area contributed by atoms with Crippen molar-refractivity contribution in [3.63, 3.8) is 0 Å². The molecular weight excluding hydrogens is 278 g/mol. The van der Waals surface area contributed by atoms with Crippen LogP contribution in [0.5, 0.6) is 0 Å². The Morgan fingerprint density at radius 2 is 2.29 bits per heavy atom. The molecule has 1 aromatic rings. The summed E-state index contributed by atoms with van der Waals surface area (Å²) in [5.74, 6) is -0.737. The molecule has 1 aliphatic rings. The SMILES string of the molecule is CCCn1nc(C)c([N+](=O)[O-])c1N1CCC(N)(C(=O)O)C1. The van der Waals surface area contributed by atoms with Gasteiger partial charge >= 0.3 is 11.7 Å². The van der Waals surface area contributed by atoms with Crippen LogP contribution in [-0.2, 0) is 11.3 Å². The van der Waals surface area contributed by atoms with Gasteiger partial charge in [-0.15, -0.1) is 0 Å². The van der Waals surface area contributed by atoms with E-state index in [2.05, 4.69) is 5.10 Å². The third kappa shape index (κ3) is 2.56. The topological polar surface area (TPSA) is 128 Å². The summed E-state index contributed by atoms with van der Waals surface area (Å²) in [4.78, 5) is 23.7. The number of carboxylic acid groups (broad SMARTS) is 1. The summed E-state index contributed by atoms with van der Waals surface area (Å²) in [5.41, 5.74) is 4.73. The van der Waals surface area contributed by atoms with Crippen molar-refractivity contribution in [1.29, 1.82) is 0 Å². The maximum absolute atomic E-state index is 11.3. The van der Waals surface area contributed by atoms with Crippen molar-refractivity contribution in [2.75, 3.05) is 18.0 Å². The van der Waals surface area contributed by atoms with Crippen LogP contribution in [-0.4, -0.2) is 44.4 Å². The summed E-state index contributed by atoms with van der Waals surface area (Å²) in [7, 11) is 0. The van der Waals surface area contributed by atoms with E-state index in [1.807, 2.05) is 6.92 Å². The Labute approximate surface area is 121 Å². The molecule has 0 aromatic carbocycles. The number of carboxylic acids is 1. The fourth-order valence-corrected chi connectivity index (χ4v) is 2.64. The lowest BCUT2D eigenvalue weighted by atomic mass is 10.0. The number of carbonyl (C=O) groups is 1. The third-order valence-corrected chi connectivity index (χ3v) is 3.71. The van der Waals surface area contributed by atoms with Crippen LogP contribution in [0.4, 0.5) is 11.5 Å². The number of nitro groups is 1. The van der Waals surface area contributed by atoms with Crippen molar-refractivity contribution in [3.05, 3.63) is 15.8 Å². The van der Waals surface area contributed by atoms with Crippen LogP contribution in [0.15, 0.2) is 0 Å². The van der Waals surface area contributed by atoms with Crippen molar-refractivity contribution >= 4 is 17.5 Å². The predicted octanol–water partition coefficient (Wildman–Crippen LogP) is 0.502. The normalized spacial score (nSPS) is 21.8. The summed E-state index contributed by atoms with van der Waals surface area (Å²) < 4.78 is 1.57. The van der Waals surface area contributed by atoms with Crippen LogP contribution >= 0.6 is 0 Å². The zero-order valence-corrected chi connectivity index (χ0v) is 12.1. The molecule has 0 saturated carbocycles. The molecule has 1 atom stereocenters. The van der Waals surface area contributed by atoms with Crippen LogP contribution < -0.4 is 10.6 Å². The number of rotatable bonds is 5. The van der Waals surface area contributed by atoms with Crippen molar-refractivity contribution in [1.82, 2.24) is 9.78 Å². The summed E-state index contributed by atoms with van der Waals surface area (Å²) in [6.45, 7) is 4.46. The Kier molecular flexibility index (Phi) is 3.86. The summed E-state index contributed by atoms with van der Waals surface area (Å²) in [6.07, 6.45) is 1.02. The first-order chi connectivity index (χ1) is 9.80. The van der Waals surface area contributed by atoms with E-state index >= 15 is 0 Å². The predicted molar refractivity (Wildman–Crippen MR) is 75.3 cm³/mol. The molecule has 0 bridgehead atoms. The molecule has 0 amide bonds. The van der Waals surface area contributed by atoms with Crippen LogP contribution in [0.2, 0.25) is 0 Å². The van der Waals surface area contributed by atoms with Gasteiger partial charge in [0.05, 0.1) is 4.92 Å². The van der Waals surface area contributed by atoms with Gasteiger partial charge in [0, 0.05) is 19.6 Å². The van der Waals surface area contributed by atoms with E-state index < -0.39 is 16.4 Å². The number of anilines is 1. The molecule has 0 spiro atoms. The summed E-state index contributed by atoms with van der Waals surface area (Å²) in [5, 5.41) is 24.7. The number of nitrogens with zero attached hydrogens (tertiary/aromatic N) is 4. The van der Waals surface area contributed by atoms with Gasteiger partial charge in [-0.05, 0) is 19.8 Å². The Hall–Kier alpha value is -2.16. The molecule has 9 nitrogen and oxygen atoms in total. The molecule has 2 heterocycles. The minimum Gasteiger partial charge on any atom is -0.480 e. The van der Waals surface area contributed by atoms with Gasteiger partial charge in [-0.1, -0.05) is 6.92 Å². The minimum atomic E-state index is -1.37. The Balaban J connectivity index is 2.43. The second-order valence-corrected chi connectivity index (χ2v) is 5.37. The maximum atomic E-state index is 11.3.